The Morgan fingerprint density at radius 2 is 1.81 bits per heavy atom. The maximum absolute atomic E-state index is 13.0. The summed E-state index contributed by atoms with van der Waals surface area (Å²) in [6.45, 7) is 0.683. The third kappa shape index (κ3) is 3.90. The Kier molecular flexibility index (Phi) is 4.62. The van der Waals surface area contributed by atoms with Gasteiger partial charge in [-0.1, -0.05) is 24.3 Å². The van der Waals surface area contributed by atoms with Gasteiger partial charge in [-0.15, -0.1) is 0 Å². The molecule has 1 aliphatic heterocycles. The largest absolute Gasteiger partial charge is 0.465 e. The van der Waals surface area contributed by atoms with Gasteiger partial charge in [-0.3, -0.25) is 0 Å². The van der Waals surface area contributed by atoms with E-state index in [1.165, 1.54) is 17.0 Å². The molecule has 6 nitrogen and oxygen atoms in total. The topological polar surface area (TPSA) is 87.6 Å². The highest BCUT2D eigenvalue weighted by Gasteiger charge is 2.33. The zero-order chi connectivity index (χ0) is 20.0. The van der Waals surface area contributed by atoms with Crippen LogP contribution < -0.4 is 0 Å². The fraction of sp³-hybridized carbons (Fsp3) is 0.294. The van der Waals surface area contributed by atoms with Crippen molar-refractivity contribution in [3.8, 4) is 11.1 Å². The van der Waals surface area contributed by atoms with Crippen molar-refractivity contribution < 1.29 is 31.5 Å². The minimum Gasteiger partial charge on any atom is -0.465 e. The van der Waals surface area contributed by atoms with E-state index in [-0.39, 0.29) is 17.0 Å². The molecule has 1 aromatic carbocycles. The van der Waals surface area contributed by atoms with Crippen LogP contribution in [0.1, 0.15) is 17.0 Å². The van der Waals surface area contributed by atoms with E-state index < -0.39 is 32.7 Å². The molecule has 0 bridgehead atoms. The van der Waals surface area contributed by atoms with Crippen molar-refractivity contribution in [1.82, 2.24) is 9.88 Å². The lowest BCUT2D eigenvalue weighted by molar-refractivity contribution is -0.137. The zero-order valence-corrected chi connectivity index (χ0v) is 14.9. The Morgan fingerprint density at radius 3 is 2.30 bits per heavy atom. The van der Waals surface area contributed by atoms with E-state index >= 15 is 0 Å². The molecule has 1 aromatic heterocycles. The molecule has 144 valence electrons. The van der Waals surface area contributed by atoms with E-state index in [0.29, 0.717) is 19.3 Å². The molecular weight excluding hydrogens is 385 g/mol. The highest BCUT2D eigenvalue weighted by atomic mass is 32.2. The molecule has 27 heavy (non-hydrogen) atoms. The van der Waals surface area contributed by atoms with Crippen LogP contribution in [0.15, 0.2) is 41.6 Å². The molecule has 1 aliphatic rings. The highest BCUT2D eigenvalue weighted by molar-refractivity contribution is 7.90. The van der Waals surface area contributed by atoms with Gasteiger partial charge in [0.2, 0.25) is 0 Å². The second kappa shape index (κ2) is 6.52. The highest BCUT2D eigenvalue weighted by Crippen LogP contribution is 2.35. The molecule has 1 fully saturated rings. The lowest BCUT2D eigenvalue weighted by atomic mass is 9.90. The lowest BCUT2D eigenvalue weighted by Gasteiger charge is -2.37. The summed E-state index contributed by atoms with van der Waals surface area (Å²) in [5, 5.41) is 8.43. The Balaban J connectivity index is 1.96. The average molecular weight is 400 g/mol. The summed E-state index contributed by atoms with van der Waals surface area (Å²) in [5.41, 5.74) is -0.0472. The number of aromatic nitrogens is 1. The van der Waals surface area contributed by atoms with E-state index in [2.05, 4.69) is 4.98 Å². The standard InChI is InChI=1S/C17H15F3N2O4S/c1-27(25,26)15-14(6-13(7-21-15)17(18,19)20)11-4-2-10(3-5-11)12-8-22(9-12)16(23)24/h2-7,12H,8-9H2,1H3,(H,23,24). The summed E-state index contributed by atoms with van der Waals surface area (Å²) in [4.78, 5) is 15.6. The van der Waals surface area contributed by atoms with Crippen molar-refractivity contribution in [3.63, 3.8) is 0 Å². The van der Waals surface area contributed by atoms with E-state index in [9.17, 15) is 26.4 Å². The van der Waals surface area contributed by atoms with Crippen LogP contribution in [0.3, 0.4) is 0 Å². The Labute approximate surface area is 153 Å². The molecule has 0 radical (unpaired) electrons. The number of pyridine rings is 1. The van der Waals surface area contributed by atoms with Crippen LogP contribution in [0.2, 0.25) is 0 Å². The van der Waals surface area contributed by atoms with Crippen LogP contribution in [0.5, 0.6) is 0 Å². The number of likely N-dealkylation sites (tertiary alicyclic amines) is 1. The molecule has 2 heterocycles. The number of alkyl halides is 3. The van der Waals surface area contributed by atoms with Gasteiger partial charge in [0, 0.05) is 37.0 Å². The molecule has 0 saturated carbocycles. The lowest BCUT2D eigenvalue weighted by Crippen LogP contribution is -2.47. The molecule has 0 spiro atoms. The van der Waals surface area contributed by atoms with Crippen molar-refractivity contribution in [3.05, 3.63) is 47.7 Å². The number of carboxylic acid groups (broad SMARTS) is 1. The van der Waals surface area contributed by atoms with Gasteiger partial charge in [0.05, 0.1) is 5.56 Å². The van der Waals surface area contributed by atoms with Gasteiger partial charge >= 0.3 is 12.3 Å². The zero-order valence-electron chi connectivity index (χ0n) is 14.1. The number of benzene rings is 1. The van der Waals surface area contributed by atoms with Gasteiger partial charge in [0.1, 0.15) is 0 Å². The van der Waals surface area contributed by atoms with Gasteiger partial charge in [0.15, 0.2) is 14.9 Å². The summed E-state index contributed by atoms with van der Waals surface area (Å²) in [5.74, 6) is 0.00385. The van der Waals surface area contributed by atoms with Crippen molar-refractivity contribution in [2.75, 3.05) is 19.3 Å². The van der Waals surface area contributed by atoms with Crippen molar-refractivity contribution in [2.45, 2.75) is 17.1 Å². The van der Waals surface area contributed by atoms with Gasteiger partial charge < -0.3 is 10.0 Å². The van der Waals surface area contributed by atoms with Crippen LogP contribution in [0, 0.1) is 0 Å². The normalized spacial score (nSPS) is 15.5. The number of sulfone groups is 1. The Morgan fingerprint density at radius 1 is 1.22 bits per heavy atom. The van der Waals surface area contributed by atoms with Crippen LogP contribution in [-0.4, -0.2) is 48.8 Å². The summed E-state index contributed by atoms with van der Waals surface area (Å²) >= 11 is 0. The number of amides is 1. The van der Waals surface area contributed by atoms with E-state index in [1.807, 2.05) is 0 Å². The van der Waals surface area contributed by atoms with Crippen LogP contribution in [0.25, 0.3) is 11.1 Å². The molecule has 10 heteroatoms. The number of hydrogen-bond donors (Lipinski definition) is 1. The summed E-state index contributed by atoms with van der Waals surface area (Å²) < 4.78 is 62.8. The molecule has 0 aliphatic carbocycles. The molecule has 3 rings (SSSR count). The van der Waals surface area contributed by atoms with E-state index in [4.69, 9.17) is 5.11 Å². The first-order valence-electron chi connectivity index (χ1n) is 7.82. The molecule has 1 amide bonds. The third-order valence-corrected chi connectivity index (χ3v) is 5.40. The fourth-order valence-corrected chi connectivity index (χ4v) is 3.71. The van der Waals surface area contributed by atoms with Crippen molar-refractivity contribution >= 4 is 15.9 Å². The maximum Gasteiger partial charge on any atom is 0.417 e. The number of hydrogen-bond acceptors (Lipinski definition) is 4. The molecule has 0 atom stereocenters. The molecule has 1 N–H and O–H groups in total. The number of halogens is 3. The van der Waals surface area contributed by atoms with Gasteiger partial charge in [0.25, 0.3) is 0 Å². The first kappa shape index (κ1) is 19.2. The number of rotatable bonds is 3. The second-order valence-electron chi connectivity index (χ2n) is 6.35. The predicted octanol–water partition coefficient (Wildman–Crippen LogP) is 3.25. The third-order valence-electron chi connectivity index (χ3n) is 4.37. The van der Waals surface area contributed by atoms with Crippen LogP contribution in [0.4, 0.5) is 18.0 Å². The fourth-order valence-electron chi connectivity index (χ4n) is 2.89. The van der Waals surface area contributed by atoms with Gasteiger partial charge in [-0.2, -0.15) is 13.2 Å². The van der Waals surface area contributed by atoms with Crippen LogP contribution in [-0.2, 0) is 16.0 Å². The van der Waals surface area contributed by atoms with Crippen molar-refractivity contribution in [2.24, 2.45) is 0 Å². The Hall–Kier alpha value is -2.62. The quantitative estimate of drug-likeness (QED) is 0.855. The minimum absolute atomic E-state index is 0.00385. The second-order valence-corrected chi connectivity index (χ2v) is 8.28. The van der Waals surface area contributed by atoms with Gasteiger partial charge in [-0.05, 0) is 17.2 Å². The summed E-state index contributed by atoms with van der Waals surface area (Å²) in [7, 11) is -3.83. The monoisotopic (exact) mass is 400 g/mol. The molecular formula is C17H15F3N2O4S. The predicted molar refractivity (Wildman–Crippen MR) is 90.1 cm³/mol. The summed E-state index contributed by atoms with van der Waals surface area (Å²) in [6, 6.07) is 7.13. The van der Waals surface area contributed by atoms with Gasteiger partial charge in [-0.25, -0.2) is 18.2 Å². The first-order valence-corrected chi connectivity index (χ1v) is 9.71. The van der Waals surface area contributed by atoms with Crippen molar-refractivity contribution in [1.29, 1.82) is 0 Å². The Bertz CT molecular complexity index is 982. The smallest absolute Gasteiger partial charge is 0.417 e. The maximum atomic E-state index is 13.0. The minimum atomic E-state index is -4.65. The van der Waals surface area contributed by atoms with E-state index in [0.717, 1.165) is 17.9 Å². The first-order chi connectivity index (χ1) is 12.5. The summed E-state index contributed by atoms with van der Waals surface area (Å²) in [6.07, 6.45) is -4.27. The number of nitrogens with zero attached hydrogens (tertiary/aromatic N) is 2. The average Bonchev–Trinajstić information content (AvgIpc) is 2.51. The van der Waals surface area contributed by atoms with Crippen LogP contribution >= 0.6 is 0 Å². The SMILES string of the molecule is CS(=O)(=O)c1ncc(C(F)(F)F)cc1-c1ccc(C2CN(C(=O)O)C2)cc1. The molecule has 1 saturated heterocycles. The number of carbonyl (C=O) groups is 1. The molecule has 2 aromatic rings. The van der Waals surface area contributed by atoms with E-state index in [1.54, 1.807) is 12.1 Å². The molecule has 0 unspecified atom stereocenters.